The molecule has 0 N–H and O–H groups in total. The van der Waals surface area contributed by atoms with Crippen LogP contribution in [0.5, 0.6) is 0 Å². The van der Waals surface area contributed by atoms with Crippen LogP contribution in [0.4, 0.5) is 0 Å². The number of rotatable bonds is 7. The summed E-state index contributed by atoms with van der Waals surface area (Å²) < 4.78 is 5.72. The summed E-state index contributed by atoms with van der Waals surface area (Å²) in [6.45, 7) is 2.26. The van der Waals surface area contributed by atoms with Gasteiger partial charge in [0.05, 0.1) is 0 Å². The molecule has 1 fully saturated rings. The number of epoxide rings is 1. The van der Waals surface area contributed by atoms with Crippen LogP contribution in [0.2, 0.25) is 0 Å². The van der Waals surface area contributed by atoms with Gasteiger partial charge in [-0.1, -0.05) is 63.7 Å². The Morgan fingerprint density at radius 2 is 1.87 bits per heavy atom. The molecular weight excluding hydrogens is 184 g/mol. The number of hydrogen-bond donors (Lipinski definition) is 0. The molecule has 0 saturated carbocycles. The van der Waals surface area contributed by atoms with Gasteiger partial charge in [-0.2, -0.15) is 0 Å². The van der Waals surface area contributed by atoms with E-state index in [9.17, 15) is 0 Å². The highest BCUT2D eigenvalue weighted by molar-refractivity contribution is 5.31. The Bertz CT molecular complexity index is 254. The van der Waals surface area contributed by atoms with E-state index < -0.39 is 0 Å². The zero-order valence-corrected chi connectivity index (χ0v) is 9.74. The van der Waals surface area contributed by atoms with Crippen molar-refractivity contribution in [2.45, 2.75) is 63.6 Å². The van der Waals surface area contributed by atoms with Gasteiger partial charge in [0, 0.05) is 0 Å². The fourth-order valence-corrected chi connectivity index (χ4v) is 2.39. The molecule has 1 saturated heterocycles. The largest absolute Gasteiger partial charge is 0.357 e. The molecule has 1 heteroatoms. The number of ether oxygens (including phenoxy) is 1. The average Bonchev–Trinajstić information content (AvgIpc) is 2.98. The number of allylic oxidation sites excluding steroid dienone is 2. The quantitative estimate of drug-likeness (QED) is 0.453. The summed E-state index contributed by atoms with van der Waals surface area (Å²) in [7, 11) is 0. The second kappa shape index (κ2) is 4.98. The van der Waals surface area contributed by atoms with Crippen LogP contribution < -0.4 is 0 Å². The van der Waals surface area contributed by atoms with Gasteiger partial charge >= 0.3 is 0 Å². The van der Waals surface area contributed by atoms with Crippen molar-refractivity contribution in [3.05, 3.63) is 24.3 Å². The molecule has 1 aliphatic carbocycles. The lowest BCUT2D eigenvalue weighted by Crippen LogP contribution is -2.12. The van der Waals surface area contributed by atoms with Gasteiger partial charge in [0.15, 0.2) is 0 Å². The van der Waals surface area contributed by atoms with E-state index in [1.807, 2.05) is 0 Å². The molecule has 2 atom stereocenters. The van der Waals surface area contributed by atoms with E-state index >= 15 is 0 Å². The van der Waals surface area contributed by atoms with Gasteiger partial charge in [-0.25, -0.2) is 0 Å². The van der Waals surface area contributed by atoms with Crippen LogP contribution in [-0.2, 0) is 4.74 Å². The Kier molecular flexibility index (Phi) is 3.63. The zero-order chi connectivity index (χ0) is 10.6. The molecule has 15 heavy (non-hydrogen) atoms. The maximum atomic E-state index is 5.72. The van der Waals surface area contributed by atoms with Gasteiger partial charge in [0.1, 0.15) is 11.7 Å². The highest BCUT2D eigenvalue weighted by Gasteiger charge is 2.52. The van der Waals surface area contributed by atoms with Crippen molar-refractivity contribution in [2.24, 2.45) is 0 Å². The van der Waals surface area contributed by atoms with Crippen molar-refractivity contribution in [1.82, 2.24) is 0 Å². The van der Waals surface area contributed by atoms with Crippen LogP contribution >= 0.6 is 0 Å². The van der Waals surface area contributed by atoms with E-state index in [0.717, 1.165) is 0 Å². The minimum atomic E-state index is 0.125. The SMILES string of the molecule is CCCCCCCCC12C=CC=CC1O2. The Balaban J connectivity index is 1.56. The first kappa shape index (κ1) is 10.9. The van der Waals surface area contributed by atoms with Crippen LogP contribution in [0.1, 0.15) is 51.9 Å². The second-order valence-corrected chi connectivity index (χ2v) is 4.76. The first-order valence-electron chi connectivity index (χ1n) is 6.41. The molecule has 0 amide bonds. The third kappa shape index (κ3) is 2.72. The Labute approximate surface area is 93.2 Å². The molecule has 1 nitrogen and oxygen atoms in total. The standard InChI is InChI=1S/C14H22O/c1-2-3-4-5-6-8-11-14-12-9-7-10-13(14)15-14/h7,9-10,12-13H,2-6,8,11H2,1H3. The molecule has 2 rings (SSSR count). The average molecular weight is 206 g/mol. The first-order valence-corrected chi connectivity index (χ1v) is 6.41. The fraction of sp³-hybridized carbons (Fsp3) is 0.714. The van der Waals surface area contributed by atoms with E-state index in [-0.39, 0.29) is 5.60 Å². The minimum Gasteiger partial charge on any atom is -0.357 e. The van der Waals surface area contributed by atoms with Crippen LogP contribution in [-0.4, -0.2) is 11.7 Å². The summed E-state index contributed by atoms with van der Waals surface area (Å²) in [5.41, 5.74) is 0.125. The predicted octanol–water partition coefficient (Wildman–Crippen LogP) is 4.00. The molecule has 0 spiro atoms. The van der Waals surface area contributed by atoms with Crippen molar-refractivity contribution in [3.63, 3.8) is 0 Å². The zero-order valence-electron chi connectivity index (χ0n) is 9.74. The van der Waals surface area contributed by atoms with Gasteiger partial charge in [-0.3, -0.25) is 0 Å². The van der Waals surface area contributed by atoms with Crippen LogP contribution in [0.15, 0.2) is 24.3 Å². The first-order chi connectivity index (χ1) is 7.37. The van der Waals surface area contributed by atoms with Crippen LogP contribution in [0.25, 0.3) is 0 Å². The molecule has 0 radical (unpaired) electrons. The molecule has 1 aliphatic heterocycles. The van der Waals surface area contributed by atoms with Crippen molar-refractivity contribution in [2.75, 3.05) is 0 Å². The number of fused-ring (bicyclic) bond motifs is 1. The predicted molar refractivity (Wildman–Crippen MR) is 63.9 cm³/mol. The highest BCUT2D eigenvalue weighted by Crippen LogP contribution is 2.45. The lowest BCUT2D eigenvalue weighted by atomic mass is 9.94. The third-order valence-corrected chi connectivity index (χ3v) is 3.47. The van der Waals surface area contributed by atoms with Gasteiger partial charge in [-0.15, -0.1) is 0 Å². The van der Waals surface area contributed by atoms with Crippen LogP contribution in [0, 0.1) is 0 Å². The van der Waals surface area contributed by atoms with E-state index in [1.165, 1.54) is 44.9 Å². The molecule has 2 unspecified atom stereocenters. The van der Waals surface area contributed by atoms with Crippen molar-refractivity contribution in [3.8, 4) is 0 Å². The van der Waals surface area contributed by atoms with Crippen LogP contribution in [0.3, 0.4) is 0 Å². The summed E-state index contributed by atoms with van der Waals surface area (Å²) >= 11 is 0. The minimum absolute atomic E-state index is 0.125. The Morgan fingerprint density at radius 1 is 1.07 bits per heavy atom. The van der Waals surface area contributed by atoms with Gasteiger partial charge in [0.25, 0.3) is 0 Å². The molecule has 0 aromatic rings. The van der Waals surface area contributed by atoms with Gasteiger partial charge < -0.3 is 4.74 Å². The van der Waals surface area contributed by atoms with Gasteiger partial charge in [-0.05, 0) is 12.5 Å². The Morgan fingerprint density at radius 3 is 2.67 bits per heavy atom. The molecule has 0 aromatic carbocycles. The number of unbranched alkanes of at least 4 members (excludes halogenated alkanes) is 5. The molecule has 84 valence electrons. The van der Waals surface area contributed by atoms with Crippen molar-refractivity contribution >= 4 is 0 Å². The normalized spacial score (nSPS) is 31.7. The molecular formula is C14H22O. The van der Waals surface area contributed by atoms with Crippen molar-refractivity contribution < 1.29 is 4.74 Å². The summed E-state index contributed by atoms with van der Waals surface area (Å²) in [6.07, 6.45) is 18.5. The highest BCUT2D eigenvalue weighted by atomic mass is 16.6. The van der Waals surface area contributed by atoms with E-state index in [4.69, 9.17) is 4.74 Å². The van der Waals surface area contributed by atoms with E-state index in [1.54, 1.807) is 0 Å². The third-order valence-electron chi connectivity index (χ3n) is 3.47. The van der Waals surface area contributed by atoms with E-state index in [0.29, 0.717) is 6.10 Å². The molecule has 1 heterocycles. The number of hydrogen-bond acceptors (Lipinski definition) is 1. The summed E-state index contributed by atoms with van der Waals surface area (Å²) in [5, 5.41) is 0. The molecule has 0 bridgehead atoms. The lowest BCUT2D eigenvalue weighted by Gasteiger charge is -2.08. The molecule has 0 aromatic heterocycles. The summed E-state index contributed by atoms with van der Waals surface area (Å²) in [4.78, 5) is 0. The maximum Gasteiger partial charge on any atom is 0.117 e. The topological polar surface area (TPSA) is 12.5 Å². The lowest BCUT2D eigenvalue weighted by molar-refractivity contribution is 0.321. The Hall–Kier alpha value is -0.560. The monoisotopic (exact) mass is 206 g/mol. The fourth-order valence-electron chi connectivity index (χ4n) is 2.39. The van der Waals surface area contributed by atoms with E-state index in [2.05, 4.69) is 31.2 Å². The summed E-state index contributed by atoms with van der Waals surface area (Å²) in [5.74, 6) is 0. The maximum absolute atomic E-state index is 5.72. The second-order valence-electron chi connectivity index (χ2n) is 4.76. The molecule has 2 aliphatic rings. The van der Waals surface area contributed by atoms with Gasteiger partial charge in [0.2, 0.25) is 0 Å². The van der Waals surface area contributed by atoms with Crippen molar-refractivity contribution in [1.29, 1.82) is 0 Å². The summed E-state index contributed by atoms with van der Waals surface area (Å²) in [6, 6.07) is 0. The smallest absolute Gasteiger partial charge is 0.117 e.